The van der Waals surface area contributed by atoms with Crippen LogP contribution in [0.3, 0.4) is 0 Å². The molecule has 1 aromatic heterocycles. The maximum absolute atomic E-state index is 11.9. The number of amides is 1. The molecule has 0 spiro atoms. The molecule has 0 aliphatic carbocycles. The Hall–Kier alpha value is -1.83. The number of nitrogens with two attached hydrogens (primary N) is 1. The van der Waals surface area contributed by atoms with Gasteiger partial charge in [0.2, 0.25) is 5.95 Å². The molecule has 112 valence electrons. The van der Waals surface area contributed by atoms with E-state index in [9.17, 15) is 4.79 Å². The van der Waals surface area contributed by atoms with E-state index in [4.69, 9.17) is 10.5 Å². The SMILES string of the molecule is CC(C)(C)OC(=O)N1CCN(c2n[nH]c(CN)n2)CC1. The van der Waals surface area contributed by atoms with Crippen LogP contribution in [0.15, 0.2) is 0 Å². The zero-order valence-corrected chi connectivity index (χ0v) is 12.2. The Morgan fingerprint density at radius 1 is 1.35 bits per heavy atom. The number of aromatic amines is 1. The Labute approximate surface area is 118 Å². The summed E-state index contributed by atoms with van der Waals surface area (Å²) in [7, 11) is 0. The van der Waals surface area contributed by atoms with E-state index >= 15 is 0 Å². The molecule has 20 heavy (non-hydrogen) atoms. The molecule has 0 bridgehead atoms. The first-order chi connectivity index (χ1) is 9.39. The number of piperazine rings is 1. The molecule has 3 N–H and O–H groups in total. The van der Waals surface area contributed by atoms with Gasteiger partial charge in [-0.1, -0.05) is 0 Å². The second-order valence-electron chi connectivity index (χ2n) is 5.74. The van der Waals surface area contributed by atoms with Gasteiger partial charge in [-0.15, -0.1) is 5.10 Å². The Morgan fingerprint density at radius 2 is 2.00 bits per heavy atom. The van der Waals surface area contributed by atoms with Crippen molar-refractivity contribution < 1.29 is 9.53 Å². The van der Waals surface area contributed by atoms with Gasteiger partial charge in [-0.25, -0.2) is 4.79 Å². The third kappa shape index (κ3) is 3.60. The summed E-state index contributed by atoms with van der Waals surface area (Å²) >= 11 is 0. The molecule has 0 radical (unpaired) electrons. The molecule has 1 aliphatic rings. The molecule has 8 nitrogen and oxygen atoms in total. The average Bonchev–Trinajstić information content (AvgIpc) is 2.85. The Bertz CT molecular complexity index is 459. The quantitative estimate of drug-likeness (QED) is 0.810. The van der Waals surface area contributed by atoms with Crippen LogP contribution in [-0.4, -0.2) is 58.0 Å². The van der Waals surface area contributed by atoms with Crippen LogP contribution in [-0.2, 0) is 11.3 Å². The number of H-pyrrole nitrogens is 1. The Balaban J connectivity index is 1.87. The molecule has 1 amide bonds. The number of nitrogens with one attached hydrogen (secondary N) is 1. The van der Waals surface area contributed by atoms with E-state index in [0.29, 0.717) is 44.5 Å². The number of hydrogen-bond donors (Lipinski definition) is 2. The van der Waals surface area contributed by atoms with Gasteiger partial charge in [0.1, 0.15) is 11.4 Å². The summed E-state index contributed by atoms with van der Waals surface area (Å²) in [5.41, 5.74) is 5.03. The van der Waals surface area contributed by atoms with Crippen molar-refractivity contribution in [3.8, 4) is 0 Å². The second kappa shape index (κ2) is 5.66. The van der Waals surface area contributed by atoms with Gasteiger partial charge in [-0.2, -0.15) is 4.98 Å². The fourth-order valence-electron chi connectivity index (χ4n) is 1.93. The molecule has 1 saturated heterocycles. The summed E-state index contributed by atoms with van der Waals surface area (Å²) in [4.78, 5) is 20.0. The fourth-order valence-corrected chi connectivity index (χ4v) is 1.93. The van der Waals surface area contributed by atoms with Crippen LogP contribution >= 0.6 is 0 Å². The predicted octanol–water partition coefficient (Wildman–Crippen LogP) is 0.321. The molecule has 0 saturated carbocycles. The molecule has 1 aromatic rings. The summed E-state index contributed by atoms with van der Waals surface area (Å²) in [5.74, 6) is 1.30. The molecule has 2 rings (SSSR count). The normalized spacial score (nSPS) is 16.4. The van der Waals surface area contributed by atoms with Crippen LogP contribution in [0.4, 0.5) is 10.7 Å². The van der Waals surface area contributed by atoms with Crippen molar-refractivity contribution in [1.29, 1.82) is 0 Å². The largest absolute Gasteiger partial charge is 0.444 e. The summed E-state index contributed by atoms with van der Waals surface area (Å²) < 4.78 is 5.35. The highest BCUT2D eigenvalue weighted by Crippen LogP contribution is 2.14. The lowest BCUT2D eigenvalue weighted by Crippen LogP contribution is -2.50. The lowest BCUT2D eigenvalue weighted by Gasteiger charge is -2.35. The minimum Gasteiger partial charge on any atom is -0.444 e. The van der Waals surface area contributed by atoms with Gasteiger partial charge in [-0.05, 0) is 20.8 Å². The predicted molar refractivity (Wildman–Crippen MR) is 74.3 cm³/mol. The molecule has 2 heterocycles. The maximum Gasteiger partial charge on any atom is 0.410 e. The van der Waals surface area contributed by atoms with Gasteiger partial charge in [-0.3, -0.25) is 5.10 Å². The molecule has 1 fully saturated rings. The van der Waals surface area contributed by atoms with Crippen LogP contribution in [0, 0.1) is 0 Å². The number of carbonyl (C=O) groups is 1. The third-order valence-corrected chi connectivity index (χ3v) is 2.93. The lowest BCUT2D eigenvalue weighted by molar-refractivity contribution is 0.0240. The lowest BCUT2D eigenvalue weighted by atomic mass is 10.2. The second-order valence-corrected chi connectivity index (χ2v) is 5.74. The Kier molecular flexibility index (Phi) is 4.12. The number of aromatic nitrogens is 3. The van der Waals surface area contributed by atoms with Gasteiger partial charge in [0, 0.05) is 26.2 Å². The van der Waals surface area contributed by atoms with Gasteiger partial charge in [0.05, 0.1) is 6.54 Å². The van der Waals surface area contributed by atoms with Gasteiger partial charge in [0.25, 0.3) is 0 Å². The number of rotatable bonds is 2. The van der Waals surface area contributed by atoms with Crippen molar-refractivity contribution in [1.82, 2.24) is 20.1 Å². The van der Waals surface area contributed by atoms with Crippen LogP contribution in [0.2, 0.25) is 0 Å². The van der Waals surface area contributed by atoms with E-state index in [2.05, 4.69) is 15.2 Å². The summed E-state index contributed by atoms with van der Waals surface area (Å²) in [6.45, 7) is 8.49. The summed E-state index contributed by atoms with van der Waals surface area (Å²) in [6.07, 6.45) is -0.269. The molecule has 0 atom stereocenters. The number of anilines is 1. The fraction of sp³-hybridized carbons (Fsp3) is 0.750. The van der Waals surface area contributed by atoms with Crippen LogP contribution in [0.25, 0.3) is 0 Å². The van der Waals surface area contributed by atoms with E-state index in [0.717, 1.165) is 0 Å². The number of ether oxygens (including phenoxy) is 1. The molecular formula is C12H22N6O2. The minimum absolute atomic E-state index is 0.269. The van der Waals surface area contributed by atoms with E-state index in [-0.39, 0.29) is 6.09 Å². The van der Waals surface area contributed by atoms with Crippen LogP contribution in [0.5, 0.6) is 0 Å². The first-order valence-corrected chi connectivity index (χ1v) is 6.73. The van der Waals surface area contributed by atoms with Crippen molar-refractivity contribution in [2.24, 2.45) is 5.73 Å². The average molecular weight is 282 g/mol. The van der Waals surface area contributed by atoms with Crippen molar-refractivity contribution in [2.45, 2.75) is 32.9 Å². The topological polar surface area (TPSA) is 100 Å². The van der Waals surface area contributed by atoms with Crippen LogP contribution < -0.4 is 10.6 Å². The molecule has 8 heteroatoms. The highest BCUT2D eigenvalue weighted by atomic mass is 16.6. The van der Waals surface area contributed by atoms with Gasteiger partial charge in [0.15, 0.2) is 0 Å². The number of carbonyl (C=O) groups excluding carboxylic acids is 1. The zero-order valence-electron chi connectivity index (χ0n) is 12.2. The first-order valence-electron chi connectivity index (χ1n) is 6.73. The van der Waals surface area contributed by atoms with Gasteiger partial charge < -0.3 is 20.3 Å². The van der Waals surface area contributed by atoms with Crippen molar-refractivity contribution in [3.63, 3.8) is 0 Å². The minimum atomic E-state index is -0.464. The highest BCUT2D eigenvalue weighted by molar-refractivity contribution is 5.68. The monoisotopic (exact) mass is 282 g/mol. The number of hydrogen-bond acceptors (Lipinski definition) is 6. The highest BCUT2D eigenvalue weighted by Gasteiger charge is 2.26. The van der Waals surface area contributed by atoms with Crippen LogP contribution in [0.1, 0.15) is 26.6 Å². The standard InChI is InChI=1S/C12H22N6O2/c1-12(2,3)20-11(19)18-6-4-17(5-7-18)10-14-9(8-13)15-16-10/h4-8,13H2,1-3H3,(H,14,15,16). The maximum atomic E-state index is 11.9. The zero-order chi connectivity index (χ0) is 14.8. The van der Waals surface area contributed by atoms with Gasteiger partial charge >= 0.3 is 6.09 Å². The van der Waals surface area contributed by atoms with Crippen molar-refractivity contribution in [2.75, 3.05) is 31.1 Å². The summed E-state index contributed by atoms with van der Waals surface area (Å²) in [6, 6.07) is 0. The Morgan fingerprint density at radius 3 is 2.50 bits per heavy atom. The van der Waals surface area contributed by atoms with E-state index < -0.39 is 5.60 Å². The molecular weight excluding hydrogens is 260 g/mol. The van der Waals surface area contributed by atoms with Crippen molar-refractivity contribution >= 4 is 12.0 Å². The smallest absolute Gasteiger partial charge is 0.410 e. The molecule has 1 aliphatic heterocycles. The number of nitrogens with zero attached hydrogens (tertiary/aromatic N) is 4. The van der Waals surface area contributed by atoms with E-state index in [1.54, 1.807) is 4.90 Å². The molecule has 0 aromatic carbocycles. The summed E-state index contributed by atoms with van der Waals surface area (Å²) in [5, 5.41) is 6.90. The third-order valence-electron chi connectivity index (χ3n) is 2.93. The van der Waals surface area contributed by atoms with Crippen molar-refractivity contribution in [3.05, 3.63) is 5.82 Å². The molecule has 0 unspecified atom stereocenters. The van der Waals surface area contributed by atoms with E-state index in [1.165, 1.54) is 0 Å². The van der Waals surface area contributed by atoms with E-state index in [1.807, 2.05) is 25.7 Å². The first kappa shape index (κ1) is 14.6.